The number of benzene rings is 3. The number of carbonyl (C=O) groups is 2. The van der Waals surface area contributed by atoms with Crippen LogP contribution in [0.1, 0.15) is 11.1 Å². The number of carbonyl (C=O) groups excluding carboxylic acids is 2. The maximum atomic E-state index is 13.4. The lowest BCUT2D eigenvalue weighted by atomic mass is 10.1. The third kappa shape index (κ3) is 6.41. The largest absolute Gasteiger partial charge is 0.455 e. The van der Waals surface area contributed by atoms with Crippen molar-refractivity contribution in [1.82, 2.24) is 20.7 Å². The Kier molecular flexibility index (Phi) is 8.54. The van der Waals surface area contributed by atoms with Gasteiger partial charge in [-0.15, -0.1) is 0 Å². The van der Waals surface area contributed by atoms with Crippen LogP contribution in [0.4, 0.5) is 5.69 Å². The Morgan fingerprint density at radius 2 is 1.50 bits per heavy atom. The average Bonchev–Trinajstić information content (AvgIpc) is 3.33. The summed E-state index contributed by atoms with van der Waals surface area (Å²) in [7, 11) is 3.62. The zero-order chi connectivity index (χ0) is 25.3. The van der Waals surface area contributed by atoms with Gasteiger partial charge < -0.3 is 20.3 Å². The smallest absolute Gasteiger partial charge is 0.256 e. The van der Waals surface area contributed by atoms with Crippen LogP contribution in [-0.4, -0.2) is 62.1 Å². The predicted octanol–water partition coefficient (Wildman–Crippen LogP) is 3.01. The van der Waals surface area contributed by atoms with Crippen molar-refractivity contribution in [2.75, 3.05) is 45.2 Å². The molecule has 3 aromatic carbocycles. The normalized spacial score (nSPS) is 12.6. The standard InChI is InChI=1S/C28H33N5O3/c1-29-16-17-30-27(34)20-32(25-14-8-9-15-26(25)36-24-12-4-3-5-13-24)21-28(35)31(2)33-18-22-10-6-7-11-23(22)19-33/h3-15,29H,16-21H2,1-2H3,(H,30,34). The molecule has 0 spiro atoms. The number of amides is 2. The molecule has 4 rings (SSSR count). The van der Waals surface area contributed by atoms with E-state index < -0.39 is 0 Å². The van der Waals surface area contributed by atoms with Crippen molar-refractivity contribution in [3.05, 3.63) is 90.0 Å². The molecule has 8 heteroatoms. The fourth-order valence-electron chi connectivity index (χ4n) is 4.15. The quantitative estimate of drug-likeness (QED) is 0.405. The third-order valence-corrected chi connectivity index (χ3v) is 6.14. The van der Waals surface area contributed by atoms with E-state index in [9.17, 15) is 9.59 Å². The number of ether oxygens (including phenoxy) is 1. The van der Waals surface area contributed by atoms with Gasteiger partial charge in [-0.2, -0.15) is 0 Å². The first-order chi connectivity index (χ1) is 17.5. The first kappa shape index (κ1) is 25.2. The summed E-state index contributed by atoms with van der Waals surface area (Å²) in [6.45, 7) is 2.58. The van der Waals surface area contributed by atoms with Gasteiger partial charge in [0.2, 0.25) is 5.91 Å². The van der Waals surface area contributed by atoms with Crippen molar-refractivity contribution in [1.29, 1.82) is 0 Å². The van der Waals surface area contributed by atoms with Gasteiger partial charge in [0.25, 0.3) is 5.91 Å². The van der Waals surface area contributed by atoms with E-state index in [1.165, 1.54) is 11.1 Å². The molecule has 188 valence electrons. The number of para-hydroxylation sites is 3. The Hall–Kier alpha value is -3.88. The van der Waals surface area contributed by atoms with Crippen molar-refractivity contribution in [3.8, 4) is 11.5 Å². The van der Waals surface area contributed by atoms with E-state index in [4.69, 9.17) is 4.74 Å². The van der Waals surface area contributed by atoms with Gasteiger partial charge in [0, 0.05) is 33.2 Å². The molecule has 8 nitrogen and oxygen atoms in total. The number of hydrogen-bond acceptors (Lipinski definition) is 6. The first-order valence-corrected chi connectivity index (χ1v) is 12.1. The zero-order valence-corrected chi connectivity index (χ0v) is 20.8. The van der Waals surface area contributed by atoms with Crippen LogP contribution >= 0.6 is 0 Å². The summed E-state index contributed by atoms with van der Waals surface area (Å²) in [6.07, 6.45) is 0. The van der Waals surface area contributed by atoms with Crippen molar-refractivity contribution in [2.24, 2.45) is 0 Å². The molecule has 0 aromatic heterocycles. The fraction of sp³-hybridized carbons (Fsp3) is 0.286. The number of likely N-dealkylation sites (N-methyl/N-ethyl adjacent to an activating group) is 2. The van der Waals surface area contributed by atoms with Crippen LogP contribution in [0.15, 0.2) is 78.9 Å². The minimum Gasteiger partial charge on any atom is -0.455 e. The number of rotatable bonds is 11. The Bertz CT molecular complexity index is 1150. The summed E-state index contributed by atoms with van der Waals surface area (Å²) >= 11 is 0. The maximum absolute atomic E-state index is 13.4. The molecule has 0 aliphatic carbocycles. The summed E-state index contributed by atoms with van der Waals surface area (Å²) in [5.41, 5.74) is 3.12. The Morgan fingerprint density at radius 1 is 0.861 bits per heavy atom. The number of hydrazine groups is 1. The first-order valence-electron chi connectivity index (χ1n) is 12.1. The van der Waals surface area contributed by atoms with Gasteiger partial charge in [0.05, 0.1) is 18.8 Å². The van der Waals surface area contributed by atoms with Crippen molar-refractivity contribution >= 4 is 17.5 Å². The molecule has 1 aliphatic rings. The topological polar surface area (TPSA) is 77.1 Å². The van der Waals surface area contributed by atoms with Gasteiger partial charge in [-0.05, 0) is 42.4 Å². The second kappa shape index (κ2) is 12.2. The van der Waals surface area contributed by atoms with Gasteiger partial charge in [0.1, 0.15) is 5.75 Å². The molecule has 0 atom stereocenters. The van der Waals surface area contributed by atoms with Crippen LogP contribution in [0.25, 0.3) is 0 Å². The molecule has 2 N–H and O–H groups in total. The summed E-state index contributed by atoms with van der Waals surface area (Å²) < 4.78 is 6.14. The van der Waals surface area contributed by atoms with E-state index in [2.05, 4.69) is 22.8 Å². The lowest BCUT2D eigenvalue weighted by Gasteiger charge is -2.32. The van der Waals surface area contributed by atoms with E-state index in [0.717, 1.165) is 0 Å². The van der Waals surface area contributed by atoms with Gasteiger partial charge >= 0.3 is 0 Å². The Balaban J connectivity index is 1.52. The second-order valence-electron chi connectivity index (χ2n) is 8.70. The lowest BCUT2D eigenvalue weighted by Crippen LogP contribution is -2.48. The number of nitrogens with one attached hydrogen (secondary N) is 2. The van der Waals surface area contributed by atoms with Gasteiger partial charge in [-0.1, -0.05) is 54.6 Å². The summed E-state index contributed by atoms with van der Waals surface area (Å²) in [5, 5.41) is 9.60. The van der Waals surface area contributed by atoms with Crippen LogP contribution in [0, 0.1) is 0 Å². The van der Waals surface area contributed by atoms with Gasteiger partial charge in [-0.3, -0.25) is 14.6 Å². The van der Waals surface area contributed by atoms with E-state index in [1.807, 2.05) is 78.8 Å². The van der Waals surface area contributed by atoms with Crippen LogP contribution in [0.2, 0.25) is 0 Å². The lowest BCUT2D eigenvalue weighted by molar-refractivity contribution is -0.145. The summed E-state index contributed by atoms with van der Waals surface area (Å²) in [5.74, 6) is 0.988. The summed E-state index contributed by atoms with van der Waals surface area (Å²) in [4.78, 5) is 28.0. The maximum Gasteiger partial charge on any atom is 0.256 e. The molecule has 36 heavy (non-hydrogen) atoms. The molecular formula is C28H33N5O3. The van der Waals surface area contributed by atoms with E-state index in [0.29, 0.717) is 43.4 Å². The Labute approximate surface area is 212 Å². The molecule has 0 fully saturated rings. The predicted molar refractivity (Wildman–Crippen MR) is 141 cm³/mol. The molecule has 2 amide bonds. The van der Waals surface area contributed by atoms with E-state index >= 15 is 0 Å². The molecule has 0 bridgehead atoms. The molecular weight excluding hydrogens is 454 g/mol. The van der Waals surface area contributed by atoms with Crippen molar-refractivity contribution in [2.45, 2.75) is 13.1 Å². The molecule has 0 radical (unpaired) electrons. The van der Waals surface area contributed by atoms with Crippen LogP contribution in [0.5, 0.6) is 11.5 Å². The molecule has 0 saturated carbocycles. The fourth-order valence-corrected chi connectivity index (χ4v) is 4.15. The SMILES string of the molecule is CNCCNC(=O)CN(CC(=O)N(C)N1Cc2ccccc2C1)c1ccccc1Oc1ccccc1. The number of fused-ring (bicyclic) bond motifs is 1. The van der Waals surface area contributed by atoms with E-state index in [-0.39, 0.29) is 24.9 Å². The molecule has 3 aromatic rings. The highest BCUT2D eigenvalue weighted by atomic mass is 16.5. The van der Waals surface area contributed by atoms with E-state index in [1.54, 1.807) is 17.0 Å². The molecule has 1 aliphatic heterocycles. The average molecular weight is 488 g/mol. The zero-order valence-electron chi connectivity index (χ0n) is 20.8. The van der Waals surface area contributed by atoms with Crippen LogP contribution < -0.4 is 20.3 Å². The number of nitrogens with zero attached hydrogens (tertiary/aromatic N) is 3. The highest BCUT2D eigenvalue weighted by Gasteiger charge is 2.27. The molecule has 1 heterocycles. The number of anilines is 1. The molecule has 0 saturated heterocycles. The van der Waals surface area contributed by atoms with Crippen molar-refractivity contribution in [3.63, 3.8) is 0 Å². The molecule has 0 unspecified atom stereocenters. The van der Waals surface area contributed by atoms with Gasteiger partial charge in [0.15, 0.2) is 5.75 Å². The summed E-state index contributed by atoms with van der Waals surface area (Å²) in [6, 6.07) is 25.2. The second-order valence-corrected chi connectivity index (χ2v) is 8.70. The monoisotopic (exact) mass is 487 g/mol. The Morgan fingerprint density at radius 3 is 2.19 bits per heavy atom. The van der Waals surface area contributed by atoms with Crippen LogP contribution in [-0.2, 0) is 22.7 Å². The minimum atomic E-state index is -0.163. The van der Waals surface area contributed by atoms with Gasteiger partial charge in [-0.25, -0.2) is 5.01 Å². The van der Waals surface area contributed by atoms with Crippen LogP contribution in [0.3, 0.4) is 0 Å². The minimum absolute atomic E-state index is 0.0258. The number of hydrogen-bond donors (Lipinski definition) is 2. The third-order valence-electron chi connectivity index (χ3n) is 6.14. The highest BCUT2D eigenvalue weighted by Crippen LogP contribution is 2.32. The van der Waals surface area contributed by atoms with Crippen molar-refractivity contribution < 1.29 is 14.3 Å². The highest BCUT2D eigenvalue weighted by molar-refractivity contribution is 5.87.